The Hall–Kier alpha value is -3.67. The molecule has 0 fully saturated rings. The number of rotatable bonds is 11. The van der Waals surface area contributed by atoms with Crippen LogP contribution in [0.1, 0.15) is 11.1 Å². The summed E-state index contributed by atoms with van der Waals surface area (Å²) in [6, 6.07) is 14.4. The zero-order chi connectivity index (χ0) is 27.0. The quantitative estimate of drug-likeness (QED) is 0.288. The van der Waals surface area contributed by atoms with Gasteiger partial charge in [0.25, 0.3) is 5.91 Å². The molecule has 0 spiro atoms. The third-order valence-corrected chi connectivity index (χ3v) is 7.22. The Labute approximate surface area is 219 Å². The fourth-order valence-electron chi connectivity index (χ4n) is 3.35. The number of hydrazone groups is 1. The van der Waals surface area contributed by atoms with Crippen molar-refractivity contribution >= 4 is 33.7 Å². The molecule has 0 radical (unpaired) electrons. The van der Waals surface area contributed by atoms with Crippen molar-refractivity contribution in [3.05, 3.63) is 82.6 Å². The highest BCUT2D eigenvalue weighted by Crippen LogP contribution is 2.37. The van der Waals surface area contributed by atoms with Crippen molar-refractivity contribution in [3.63, 3.8) is 0 Å². The normalized spacial score (nSPS) is 11.5. The minimum atomic E-state index is -4.18. The average Bonchev–Trinajstić information content (AvgIpc) is 2.89. The third-order valence-electron chi connectivity index (χ3n) is 5.17. The molecule has 0 aliphatic rings. The van der Waals surface area contributed by atoms with Gasteiger partial charge in [0.1, 0.15) is 5.82 Å². The predicted octanol–water partition coefficient (Wildman–Crippen LogP) is 3.85. The molecule has 9 nitrogen and oxygen atoms in total. The monoisotopic (exact) mass is 549 g/mol. The van der Waals surface area contributed by atoms with E-state index in [2.05, 4.69) is 10.5 Å². The summed E-state index contributed by atoms with van der Waals surface area (Å²) in [6.45, 7) is -0.993. The Kier molecular flexibility index (Phi) is 9.45. The van der Waals surface area contributed by atoms with Crippen LogP contribution in [0.3, 0.4) is 0 Å². The van der Waals surface area contributed by atoms with E-state index in [9.17, 15) is 17.6 Å². The number of nitrogens with zero attached hydrogens (tertiary/aromatic N) is 2. The lowest BCUT2D eigenvalue weighted by Gasteiger charge is -2.21. The van der Waals surface area contributed by atoms with Crippen LogP contribution in [0.25, 0.3) is 0 Å². The van der Waals surface area contributed by atoms with E-state index in [1.807, 2.05) is 0 Å². The van der Waals surface area contributed by atoms with Gasteiger partial charge in [-0.1, -0.05) is 29.8 Å². The molecule has 3 aromatic rings. The lowest BCUT2D eigenvalue weighted by Crippen LogP contribution is -2.39. The molecule has 196 valence electrons. The SMILES string of the molecule is COc1cc(/C=N\NC(=O)CN(Cc2ccccc2F)S(=O)(=O)c2ccc(Cl)cc2)cc(OC)c1OC. The first-order chi connectivity index (χ1) is 17.7. The fraction of sp³-hybridized carbons (Fsp3) is 0.200. The fourth-order valence-corrected chi connectivity index (χ4v) is 4.85. The molecule has 37 heavy (non-hydrogen) atoms. The van der Waals surface area contributed by atoms with E-state index in [1.54, 1.807) is 18.2 Å². The van der Waals surface area contributed by atoms with Crippen LogP contribution < -0.4 is 19.6 Å². The van der Waals surface area contributed by atoms with Gasteiger partial charge in [0, 0.05) is 22.7 Å². The summed E-state index contributed by atoms with van der Waals surface area (Å²) in [4.78, 5) is 12.6. The molecule has 0 aliphatic heterocycles. The van der Waals surface area contributed by atoms with Gasteiger partial charge < -0.3 is 14.2 Å². The smallest absolute Gasteiger partial charge is 0.255 e. The van der Waals surface area contributed by atoms with E-state index in [1.165, 1.54) is 70.0 Å². The van der Waals surface area contributed by atoms with Crippen molar-refractivity contribution in [2.75, 3.05) is 27.9 Å². The van der Waals surface area contributed by atoms with E-state index >= 15 is 0 Å². The average molecular weight is 550 g/mol. The Morgan fingerprint density at radius 3 is 2.22 bits per heavy atom. The first kappa shape index (κ1) is 27.9. The second kappa shape index (κ2) is 12.5. The first-order valence-electron chi connectivity index (χ1n) is 10.8. The summed E-state index contributed by atoms with van der Waals surface area (Å²) in [5, 5.41) is 4.25. The van der Waals surface area contributed by atoms with Crippen LogP contribution in [0.15, 0.2) is 70.7 Å². The molecular weight excluding hydrogens is 525 g/mol. The highest BCUT2D eigenvalue weighted by molar-refractivity contribution is 7.89. The zero-order valence-corrected chi connectivity index (χ0v) is 21.8. The molecule has 0 atom stereocenters. The summed E-state index contributed by atoms with van der Waals surface area (Å²) in [6.07, 6.45) is 1.33. The first-order valence-corrected chi connectivity index (χ1v) is 12.6. The van der Waals surface area contributed by atoms with Crippen molar-refractivity contribution in [2.24, 2.45) is 5.10 Å². The van der Waals surface area contributed by atoms with E-state index in [-0.39, 0.29) is 17.0 Å². The lowest BCUT2D eigenvalue weighted by atomic mass is 10.2. The van der Waals surface area contributed by atoms with Crippen molar-refractivity contribution < 1.29 is 31.8 Å². The van der Waals surface area contributed by atoms with E-state index in [0.717, 1.165) is 4.31 Å². The molecule has 3 rings (SSSR count). The Morgan fingerprint density at radius 2 is 1.65 bits per heavy atom. The minimum Gasteiger partial charge on any atom is -0.493 e. The van der Waals surface area contributed by atoms with Crippen molar-refractivity contribution in [1.29, 1.82) is 0 Å². The number of benzene rings is 3. The molecule has 0 unspecified atom stereocenters. The van der Waals surface area contributed by atoms with Crippen molar-refractivity contribution in [1.82, 2.24) is 9.73 Å². The molecule has 0 heterocycles. The zero-order valence-electron chi connectivity index (χ0n) is 20.3. The minimum absolute atomic E-state index is 0.0954. The lowest BCUT2D eigenvalue weighted by molar-refractivity contribution is -0.121. The van der Waals surface area contributed by atoms with Gasteiger partial charge in [-0.15, -0.1) is 0 Å². The summed E-state index contributed by atoms with van der Waals surface area (Å²) in [7, 11) is 0.216. The van der Waals surface area contributed by atoms with Crippen LogP contribution in [0, 0.1) is 5.82 Å². The third kappa shape index (κ3) is 6.97. The molecule has 3 aromatic carbocycles. The summed E-state index contributed by atoms with van der Waals surface area (Å²) in [5.74, 6) is -0.168. The maximum absolute atomic E-state index is 14.3. The van der Waals surface area contributed by atoms with Gasteiger partial charge in [-0.2, -0.15) is 9.41 Å². The number of halogens is 2. The van der Waals surface area contributed by atoms with Crippen LogP contribution in [-0.4, -0.2) is 52.7 Å². The van der Waals surface area contributed by atoms with Crippen LogP contribution >= 0.6 is 11.6 Å². The molecule has 1 amide bonds. The Bertz CT molecular complexity index is 1360. The summed E-state index contributed by atoms with van der Waals surface area (Å²) >= 11 is 5.88. The van der Waals surface area contributed by atoms with Crippen LogP contribution in [0.2, 0.25) is 5.02 Å². The molecule has 0 bridgehead atoms. The molecule has 1 N–H and O–H groups in total. The van der Waals surface area contributed by atoms with Crippen LogP contribution in [0.4, 0.5) is 4.39 Å². The number of hydrogen-bond acceptors (Lipinski definition) is 7. The molecule has 0 aliphatic carbocycles. The van der Waals surface area contributed by atoms with E-state index in [0.29, 0.717) is 27.8 Å². The number of carbonyl (C=O) groups excluding carboxylic acids is 1. The van der Waals surface area contributed by atoms with Gasteiger partial charge in [0.2, 0.25) is 15.8 Å². The highest BCUT2D eigenvalue weighted by Gasteiger charge is 2.27. The standard InChI is InChI=1S/C25H25ClFN3O6S/c1-34-22-12-17(13-23(35-2)25(22)36-3)14-28-29-24(31)16-30(15-18-6-4-5-7-21(18)27)37(32,33)20-10-8-19(26)9-11-20/h4-14H,15-16H2,1-3H3,(H,29,31)/b28-14-. The number of methoxy groups -OCH3 is 3. The van der Waals surface area contributed by atoms with Gasteiger partial charge in [-0.05, 0) is 42.5 Å². The second-order valence-corrected chi connectivity index (χ2v) is 9.94. The molecule has 0 saturated carbocycles. The molecular formula is C25H25ClFN3O6S. The molecule has 0 aromatic heterocycles. The van der Waals surface area contributed by atoms with E-state index in [4.69, 9.17) is 25.8 Å². The predicted molar refractivity (Wildman–Crippen MR) is 137 cm³/mol. The number of hydrogen-bond donors (Lipinski definition) is 1. The van der Waals surface area contributed by atoms with Gasteiger partial charge in [0.15, 0.2) is 11.5 Å². The molecule has 0 saturated heterocycles. The van der Waals surface area contributed by atoms with Gasteiger partial charge in [-0.25, -0.2) is 18.2 Å². The van der Waals surface area contributed by atoms with Crippen LogP contribution in [0.5, 0.6) is 17.2 Å². The second-order valence-electron chi connectivity index (χ2n) is 7.57. The maximum atomic E-state index is 14.3. The Balaban J connectivity index is 1.82. The van der Waals surface area contributed by atoms with E-state index < -0.39 is 28.3 Å². The maximum Gasteiger partial charge on any atom is 0.255 e. The number of ether oxygens (including phenoxy) is 3. The van der Waals surface area contributed by atoms with Gasteiger partial charge >= 0.3 is 0 Å². The summed E-state index contributed by atoms with van der Waals surface area (Å²) in [5.41, 5.74) is 2.92. The Morgan fingerprint density at radius 1 is 1.03 bits per heavy atom. The number of nitrogens with one attached hydrogen (secondary N) is 1. The van der Waals surface area contributed by atoms with Gasteiger partial charge in [0.05, 0.1) is 39.0 Å². The van der Waals surface area contributed by atoms with Crippen molar-refractivity contribution in [3.8, 4) is 17.2 Å². The van der Waals surface area contributed by atoms with Crippen LogP contribution in [-0.2, 0) is 21.4 Å². The topological polar surface area (TPSA) is 107 Å². The molecule has 12 heteroatoms. The largest absolute Gasteiger partial charge is 0.493 e. The number of carbonyl (C=O) groups is 1. The van der Waals surface area contributed by atoms with Crippen molar-refractivity contribution in [2.45, 2.75) is 11.4 Å². The summed E-state index contributed by atoms with van der Waals surface area (Å²) < 4.78 is 57.6. The number of sulfonamides is 1. The highest BCUT2D eigenvalue weighted by atomic mass is 35.5. The van der Waals surface area contributed by atoms with Gasteiger partial charge in [-0.3, -0.25) is 4.79 Å². The number of amides is 1.